The van der Waals surface area contributed by atoms with E-state index in [4.69, 9.17) is 16.3 Å². The van der Waals surface area contributed by atoms with Crippen LogP contribution in [0.3, 0.4) is 0 Å². The largest absolute Gasteiger partial charge is 0.496 e. The fourth-order valence-corrected chi connectivity index (χ4v) is 2.78. The van der Waals surface area contributed by atoms with Crippen LogP contribution < -0.4 is 4.74 Å². The molecule has 0 aliphatic carbocycles. The van der Waals surface area contributed by atoms with Gasteiger partial charge in [-0.25, -0.2) is 0 Å². The number of benzene rings is 1. The number of ether oxygens (including phenoxy) is 1. The number of rotatable bonds is 5. The molecule has 6 heteroatoms. The van der Waals surface area contributed by atoms with E-state index in [-0.39, 0.29) is 12.2 Å². The molecule has 0 unspecified atom stereocenters. The maximum Gasteiger partial charge on any atom is 0.172 e. The van der Waals surface area contributed by atoms with Crippen molar-refractivity contribution in [1.82, 2.24) is 9.78 Å². The summed E-state index contributed by atoms with van der Waals surface area (Å²) in [5.41, 5.74) is 2.22. The average Bonchev–Trinajstić information content (AvgIpc) is 2.74. The molecule has 1 heterocycles. The van der Waals surface area contributed by atoms with E-state index in [1.165, 1.54) is 7.11 Å². The highest BCUT2D eigenvalue weighted by Gasteiger charge is 2.19. The lowest BCUT2D eigenvalue weighted by molar-refractivity contribution is 0.0987. The molecular weight excluding hydrogens is 356 g/mol. The Hall–Kier alpha value is -1.33. The third kappa shape index (κ3) is 3.30. The Balaban J connectivity index is 2.37. The summed E-state index contributed by atoms with van der Waals surface area (Å²) in [5, 5.41) is 4.91. The van der Waals surface area contributed by atoms with Gasteiger partial charge in [-0.05, 0) is 48.0 Å². The average molecular weight is 372 g/mol. The SMILES string of the molecule is CCn1nc(C)c(Br)c1CC(=O)c1cc(Cl)ccc1OC. The summed E-state index contributed by atoms with van der Waals surface area (Å²) in [5.74, 6) is 0.476. The molecule has 0 saturated carbocycles. The molecule has 21 heavy (non-hydrogen) atoms. The molecule has 2 rings (SSSR count). The van der Waals surface area contributed by atoms with Crippen molar-refractivity contribution in [3.63, 3.8) is 0 Å². The summed E-state index contributed by atoms with van der Waals surface area (Å²) in [6, 6.07) is 5.04. The third-order valence-corrected chi connectivity index (χ3v) is 4.51. The molecular formula is C15H16BrClN2O2. The zero-order valence-corrected chi connectivity index (χ0v) is 14.5. The van der Waals surface area contributed by atoms with Crippen LogP contribution in [0.25, 0.3) is 0 Å². The molecule has 0 aliphatic rings. The standard InChI is InChI=1S/C15H16BrClN2O2/c1-4-19-12(15(16)9(2)18-19)8-13(20)11-7-10(17)5-6-14(11)21-3/h5-7H,4,8H2,1-3H3. The topological polar surface area (TPSA) is 44.1 Å². The van der Waals surface area contributed by atoms with Crippen molar-refractivity contribution < 1.29 is 9.53 Å². The molecule has 0 bridgehead atoms. The zero-order chi connectivity index (χ0) is 15.6. The number of halogens is 2. The van der Waals surface area contributed by atoms with Crippen molar-refractivity contribution in [2.45, 2.75) is 26.8 Å². The van der Waals surface area contributed by atoms with Crippen LogP contribution >= 0.6 is 27.5 Å². The van der Waals surface area contributed by atoms with Crippen molar-refractivity contribution in [2.75, 3.05) is 7.11 Å². The smallest absolute Gasteiger partial charge is 0.172 e. The fraction of sp³-hybridized carbons (Fsp3) is 0.333. The second kappa shape index (κ2) is 6.62. The molecule has 0 radical (unpaired) electrons. The van der Waals surface area contributed by atoms with E-state index in [1.807, 2.05) is 18.5 Å². The predicted octanol–water partition coefficient (Wildman–Crippen LogP) is 4.06. The number of aromatic nitrogens is 2. The third-order valence-electron chi connectivity index (χ3n) is 3.24. The molecule has 1 aromatic carbocycles. The molecule has 0 amide bonds. The first-order chi connectivity index (χ1) is 9.97. The molecule has 1 aromatic heterocycles. The van der Waals surface area contributed by atoms with Gasteiger partial charge in [-0.1, -0.05) is 11.6 Å². The summed E-state index contributed by atoms with van der Waals surface area (Å²) in [6.45, 7) is 4.61. The van der Waals surface area contributed by atoms with E-state index in [0.717, 1.165) is 15.9 Å². The first-order valence-electron chi connectivity index (χ1n) is 6.56. The van der Waals surface area contributed by atoms with E-state index < -0.39 is 0 Å². The van der Waals surface area contributed by atoms with Crippen LogP contribution in [0, 0.1) is 6.92 Å². The van der Waals surface area contributed by atoms with Crippen molar-refractivity contribution in [1.29, 1.82) is 0 Å². The van der Waals surface area contributed by atoms with Gasteiger partial charge < -0.3 is 4.74 Å². The van der Waals surface area contributed by atoms with Crippen LogP contribution in [0.2, 0.25) is 5.02 Å². The minimum Gasteiger partial charge on any atom is -0.496 e. The van der Waals surface area contributed by atoms with Gasteiger partial charge in [-0.15, -0.1) is 0 Å². The van der Waals surface area contributed by atoms with Crippen molar-refractivity contribution in [2.24, 2.45) is 0 Å². The summed E-state index contributed by atoms with van der Waals surface area (Å²) in [6.07, 6.45) is 0.242. The Morgan fingerprint density at radius 3 is 2.81 bits per heavy atom. The first kappa shape index (κ1) is 16.0. The van der Waals surface area contributed by atoms with E-state index in [0.29, 0.717) is 22.9 Å². The molecule has 0 fully saturated rings. The number of ketones is 1. The maximum atomic E-state index is 12.6. The summed E-state index contributed by atoms with van der Waals surface area (Å²) < 4.78 is 7.94. The Morgan fingerprint density at radius 2 is 2.19 bits per heavy atom. The Kier molecular flexibility index (Phi) is 5.06. The highest BCUT2D eigenvalue weighted by Crippen LogP contribution is 2.27. The van der Waals surface area contributed by atoms with Gasteiger partial charge in [0.05, 0.1) is 35.0 Å². The minimum atomic E-state index is -0.0512. The van der Waals surface area contributed by atoms with E-state index >= 15 is 0 Å². The van der Waals surface area contributed by atoms with Gasteiger partial charge in [0, 0.05) is 11.6 Å². The van der Waals surface area contributed by atoms with Gasteiger partial charge in [0.1, 0.15) is 5.75 Å². The number of hydrogen-bond acceptors (Lipinski definition) is 3. The lowest BCUT2D eigenvalue weighted by atomic mass is 10.1. The number of Topliss-reactive ketones (excluding diaryl/α,β-unsaturated/α-hetero) is 1. The fourth-order valence-electron chi connectivity index (χ4n) is 2.18. The second-order valence-electron chi connectivity index (χ2n) is 4.61. The summed E-state index contributed by atoms with van der Waals surface area (Å²) >= 11 is 9.48. The number of methoxy groups -OCH3 is 1. The maximum absolute atomic E-state index is 12.6. The summed E-state index contributed by atoms with van der Waals surface area (Å²) in [4.78, 5) is 12.6. The van der Waals surface area contributed by atoms with Crippen LogP contribution in [-0.2, 0) is 13.0 Å². The lowest BCUT2D eigenvalue weighted by Gasteiger charge is -2.09. The van der Waals surface area contributed by atoms with Crippen LogP contribution in [0.1, 0.15) is 28.7 Å². The highest BCUT2D eigenvalue weighted by molar-refractivity contribution is 9.10. The van der Waals surface area contributed by atoms with Crippen molar-refractivity contribution in [3.8, 4) is 5.75 Å². The molecule has 0 saturated heterocycles. The van der Waals surface area contributed by atoms with E-state index in [1.54, 1.807) is 18.2 Å². The number of nitrogens with zero attached hydrogens (tertiary/aromatic N) is 2. The molecule has 0 N–H and O–H groups in total. The first-order valence-corrected chi connectivity index (χ1v) is 7.73. The van der Waals surface area contributed by atoms with Crippen LogP contribution in [-0.4, -0.2) is 22.7 Å². The highest BCUT2D eigenvalue weighted by atomic mass is 79.9. The van der Waals surface area contributed by atoms with E-state index in [9.17, 15) is 4.79 Å². The van der Waals surface area contributed by atoms with Gasteiger partial charge in [0.2, 0.25) is 0 Å². The van der Waals surface area contributed by atoms with Crippen LogP contribution in [0.4, 0.5) is 0 Å². The Morgan fingerprint density at radius 1 is 1.48 bits per heavy atom. The van der Waals surface area contributed by atoms with E-state index in [2.05, 4.69) is 21.0 Å². The molecule has 4 nitrogen and oxygen atoms in total. The molecule has 0 aliphatic heterocycles. The lowest BCUT2D eigenvalue weighted by Crippen LogP contribution is -2.11. The van der Waals surface area contributed by atoms with Crippen molar-refractivity contribution >= 4 is 33.3 Å². The van der Waals surface area contributed by atoms with Gasteiger partial charge in [0.25, 0.3) is 0 Å². The summed E-state index contributed by atoms with van der Waals surface area (Å²) in [7, 11) is 1.54. The van der Waals surface area contributed by atoms with Gasteiger partial charge in [-0.3, -0.25) is 9.48 Å². The Labute approximate surface area is 137 Å². The van der Waals surface area contributed by atoms with Gasteiger partial charge in [0.15, 0.2) is 5.78 Å². The molecule has 112 valence electrons. The normalized spacial score (nSPS) is 10.7. The van der Waals surface area contributed by atoms with Crippen LogP contribution in [0.5, 0.6) is 5.75 Å². The number of aryl methyl sites for hydroxylation is 2. The van der Waals surface area contributed by atoms with Gasteiger partial charge in [-0.2, -0.15) is 5.10 Å². The zero-order valence-electron chi connectivity index (χ0n) is 12.1. The monoisotopic (exact) mass is 370 g/mol. The minimum absolute atomic E-state index is 0.0512. The molecule has 0 atom stereocenters. The predicted molar refractivity (Wildman–Crippen MR) is 86.4 cm³/mol. The quantitative estimate of drug-likeness (QED) is 0.744. The van der Waals surface area contributed by atoms with Crippen LogP contribution in [0.15, 0.2) is 22.7 Å². The number of hydrogen-bond donors (Lipinski definition) is 0. The van der Waals surface area contributed by atoms with Crippen molar-refractivity contribution in [3.05, 3.63) is 44.6 Å². The Bertz CT molecular complexity index is 683. The van der Waals surface area contributed by atoms with Gasteiger partial charge >= 0.3 is 0 Å². The molecule has 2 aromatic rings. The number of carbonyl (C=O) groups is 1. The number of carbonyl (C=O) groups excluding carboxylic acids is 1. The molecule has 0 spiro atoms. The second-order valence-corrected chi connectivity index (χ2v) is 5.84.